The van der Waals surface area contributed by atoms with Crippen LogP contribution in [0.3, 0.4) is 0 Å². The standard InChI is InChI=1S/C15H15N3OS/c1-8-4-5-11(6-9(8)2)13-14(19-18-15(13)16)12-7-20-10(3)17-12/h4-7H,1-3H3,(H2,16,18). The molecular formula is C15H15N3OS. The van der Waals surface area contributed by atoms with Crippen LogP contribution in [0.15, 0.2) is 28.1 Å². The number of hydrogen-bond donors (Lipinski definition) is 1. The van der Waals surface area contributed by atoms with Crippen LogP contribution in [0.1, 0.15) is 16.1 Å². The first-order valence-corrected chi connectivity index (χ1v) is 7.19. The maximum atomic E-state index is 5.98. The van der Waals surface area contributed by atoms with Crippen molar-refractivity contribution in [1.29, 1.82) is 0 Å². The normalized spacial score (nSPS) is 10.9. The van der Waals surface area contributed by atoms with Gasteiger partial charge in [0.25, 0.3) is 0 Å². The molecular weight excluding hydrogens is 270 g/mol. The van der Waals surface area contributed by atoms with Gasteiger partial charge in [0, 0.05) is 5.38 Å². The van der Waals surface area contributed by atoms with Crippen molar-refractivity contribution in [2.24, 2.45) is 0 Å². The first-order chi connectivity index (χ1) is 9.56. The van der Waals surface area contributed by atoms with E-state index >= 15 is 0 Å². The number of nitrogens with zero attached hydrogens (tertiary/aromatic N) is 2. The van der Waals surface area contributed by atoms with E-state index in [1.807, 2.05) is 18.4 Å². The predicted octanol–water partition coefficient (Wildman–Crippen LogP) is 3.97. The highest BCUT2D eigenvalue weighted by atomic mass is 32.1. The summed E-state index contributed by atoms with van der Waals surface area (Å²) >= 11 is 1.58. The quantitative estimate of drug-likeness (QED) is 0.773. The van der Waals surface area contributed by atoms with E-state index in [0.717, 1.165) is 21.8 Å². The lowest BCUT2D eigenvalue weighted by Gasteiger charge is -2.05. The molecule has 3 rings (SSSR count). The number of aryl methyl sites for hydroxylation is 3. The third kappa shape index (κ3) is 2.10. The maximum absolute atomic E-state index is 5.98. The molecule has 0 saturated carbocycles. The molecule has 0 bridgehead atoms. The van der Waals surface area contributed by atoms with Gasteiger partial charge in [0.05, 0.1) is 10.6 Å². The second kappa shape index (κ2) is 4.76. The molecule has 2 N–H and O–H groups in total. The van der Waals surface area contributed by atoms with E-state index in [2.05, 4.69) is 36.1 Å². The van der Waals surface area contributed by atoms with E-state index in [-0.39, 0.29) is 0 Å². The lowest BCUT2D eigenvalue weighted by molar-refractivity contribution is 0.435. The Hall–Kier alpha value is -2.14. The third-order valence-electron chi connectivity index (χ3n) is 3.37. The van der Waals surface area contributed by atoms with Crippen molar-refractivity contribution in [1.82, 2.24) is 10.1 Å². The number of rotatable bonds is 2. The van der Waals surface area contributed by atoms with E-state index < -0.39 is 0 Å². The van der Waals surface area contributed by atoms with Crippen LogP contribution in [-0.2, 0) is 0 Å². The Morgan fingerprint density at radius 3 is 2.60 bits per heavy atom. The molecule has 0 radical (unpaired) electrons. The minimum atomic E-state index is 0.397. The van der Waals surface area contributed by atoms with Crippen LogP contribution in [0.2, 0.25) is 0 Å². The van der Waals surface area contributed by atoms with Crippen molar-refractivity contribution < 1.29 is 4.52 Å². The van der Waals surface area contributed by atoms with Gasteiger partial charge in [-0.15, -0.1) is 11.3 Å². The minimum Gasteiger partial charge on any atom is -0.380 e. The van der Waals surface area contributed by atoms with Crippen LogP contribution in [0, 0.1) is 20.8 Å². The van der Waals surface area contributed by atoms with Crippen LogP contribution in [0.25, 0.3) is 22.6 Å². The van der Waals surface area contributed by atoms with Crippen molar-refractivity contribution in [2.75, 3.05) is 5.73 Å². The largest absolute Gasteiger partial charge is 0.380 e. The average Bonchev–Trinajstić information content (AvgIpc) is 2.99. The molecule has 4 nitrogen and oxygen atoms in total. The summed E-state index contributed by atoms with van der Waals surface area (Å²) in [6, 6.07) is 6.21. The van der Waals surface area contributed by atoms with Crippen molar-refractivity contribution >= 4 is 17.2 Å². The van der Waals surface area contributed by atoms with E-state index in [1.54, 1.807) is 11.3 Å². The summed E-state index contributed by atoms with van der Waals surface area (Å²) in [6.45, 7) is 6.12. The molecule has 0 unspecified atom stereocenters. The summed E-state index contributed by atoms with van der Waals surface area (Å²) in [4.78, 5) is 4.45. The molecule has 0 amide bonds. The van der Waals surface area contributed by atoms with Crippen LogP contribution in [0.4, 0.5) is 5.82 Å². The van der Waals surface area contributed by atoms with E-state index in [9.17, 15) is 0 Å². The highest BCUT2D eigenvalue weighted by Gasteiger charge is 2.19. The number of nitrogen functional groups attached to an aromatic ring is 1. The summed E-state index contributed by atoms with van der Waals surface area (Å²) < 4.78 is 5.39. The summed E-state index contributed by atoms with van der Waals surface area (Å²) in [5, 5.41) is 6.84. The molecule has 0 aliphatic rings. The van der Waals surface area contributed by atoms with Crippen LogP contribution >= 0.6 is 11.3 Å². The molecule has 102 valence electrons. The molecule has 0 aliphatic heterocycles. The second-order valence-electron chi connectivity index (χ2n) is 4.82. The van der Waals surface area contributed by atoms with Gasteiger partial charge in [0.1, 0.15) is 5.69 Å². The van der Waals surface area contributed by atoms with Gasteiger partial charge in [-0.1, -0.05) is 23.4 Å². The van der Waals surface area contributed by atoms with Crippen LogP contribution < -0.4 is 5.73 Å². The van der Waals surface area contributed by atoms with Crippen molar-refractivity contribution in [2.45, 2.75) is 20.8 Å². The van der Waals surface area contributed by atoms with E-state index in [0.29, 0.717) is 11.6 Å². The third-order valence-corrected chi connectivity index (χ3v) is 4.14. The fourth-order valence-corrected chi connectivity index (χ4v) is 2.71. The Morgan fingerprint density at radius 2 is 1.95 bits per heavy atom. The maximum Gasteiger partial charge on any atom is 0.196 e. The molecule has 0 atom stereocenters. The van der Waals surface area contributed by atoms with Gasteiger partial charge in [0.2, 0.25) is 0 Å². The molecule has 3 aromatic rings. The number of hydrogen-bond acceptors (Lipinski definition) is 5. The Morgan fingerprint density at radius 1 is 1.15 bits per heavy atom. The molecule has 2 aromatic heterocycles. The van der Waals surface area contributed by atoms with Crippen molar-refractivity contribution in [3.05, 3.63) is 39.7 Å². The molecule has 0 fully saturated rings. The first-order valence-electron chi connectivity index (χ1n) is 6.31. The predicted molar refractivity (Wildman–Crippen MR) is 81.7 cm³/mol. The highest BCUT2D eigenvalue weighted by Crippen LogP contribution is 2.37. The Balaban J connectivity index is 2.18. The molecule has 0 saturated heterocycles. The number of thiazole rings is 1. The van der Waals surface area contributed by atoms with Crippen LogP contribution in [-0.4, -0.2) is 10.1 Å². The van der Waals surface area contributed by atoms with E-state index in [1.165, 1.54) is 11.1 Å². The number of aromatic nitrogens is 2. The Bertz CT molecular complexity index is 773. The lowest BCUT2D eigenvalue weighted by Crippen LogP contribution is -1.90. The smallest absolute Gasteiger partial charge is 0.196 e. The van der Waals surface area contributed by atoms with Gasteiger partial charge >= 0.3 is 0 Å². The fourth-order valence-electron chi connectivity index (χ4n) is 2.12. The second-order valence-corrected chi connectivity index (χ2v) is 5.88. The summed E-state index contributed by atoms with van der Waals surface area (Å²) in [5.74, 6) is 1.03. The van der Waals surface area contributed by atoms with Crippen LogP contribution in [0.5, 0.6) is 0 Å². The molecule has 20 heavy (non-hydrogen) atoms. The Labute approximate surface area is 121 Å². The van der Waals surface area contributed by atoms with Gasteiger partial charge in [-0.3, -0.25) is 0 Å². The number of anilines is 1. The number of nitrogens with two attached hydrogens (primary N) is 1. The average molecular weight is 285 g/mol. The molecule has 5 heteroatoms. The van der Waals surface area contributed by atoms with Crippen molar-refractivity contribution in [3.63, 3.8) is 0 Å². The molecule has 1 aromatic carbocycles. The summed E-state index contributed by atoms with van der Waals surface area (Å²) in [5.41, 5.74) is 11.0. The molecule has 0 aliphatic carbocycles. The van der Waals surface area contributed by atoms with Gasteiger partial charge in [-0.2, -0.15) is 0 Å². The monoisotopic (exact) mass is 285 g/mol. The Kier molecular flexibility index (Phi) is 3.06. The molecule has 2 heterocycles. The lowest BCUT2D eigenvalue weighted by atomic mass is 10.00. The zero-order valence-electron chi connectivity index (χ0n) is 11.6. The highest BCUT2D eigenvalue weighted by molar-refractivity contribution is 7.09. The number of benzene rings is 1. The van der Waals surface area contributed by atoms with Gasteiger partial charge < -0.3 is 10.3 Å². The molecule has 0 spiro atoms. The van der Waals surface area contributed by atoms with Gasteiger partial charge in [-0.05, 0) is 37.5 Å². The zero-order chi connectivity index (χ0) is 14.3. The van der Waals surface area contributed by atoms with Gasteiger partial charge in [-0.25, -0.2) is 4.98 Å². The summed E-state index contributed by atoms with van der Waals surface area (Å²) in [7, 11) is 0. The first kappa shape index (κ1) is 12.9. The SMILES string of the molecule is Cc1nc(-c2onc(N)c2-c2ccc(C)c(C)c2)cs1. The minimum absolute atomic E-state index is 0.397. The van der Waals surface area contributed by atoms with E-state index in [4.69, 9.17) is 10.3 Å². The van der Waals surface area contributed by atoms with Crippen molar-refractivity contribution in [3.8, 4) is 22.6 Å². The zero-order valence-corrected chi connectivity index (χ0v) is 12.4. The fraction of sp³-hybridized carbons (Fsp3) is 0.200. The summed E-state index contributed by atoms with van der Waals surface area (Å²) in [6.07, 6.45) is 0. The topological polar surface area (TPSA) is 64.9 Å². The van der Waals surface area contributed by atoms with Gasteiger partial charge in [0.15, 0.2) is 11.6 Å².